The molecule has 1 N–H and O–H groups in total. The van der Waals surface area contributed by atoms with Crippen LogP contribution < -0.4 is 5.32 Å². The first-order valence-electron chi connectivity index (χ1n) is 8.03. The highest BCUT2D eigenvalue weighted by Gasteiger charge is 2.39. The van der Waals surface area contributed by atoms with Crippen molar-refractivity contribution in [2.75, 3.05) is 24.6 Å². The van der Waals surface area contributed by atoms with Crippen molar-refractivity contribution in [1.82, 2.24) is 9.62 Å². The van der Waals surface area contributed by atoms with Crippen LogP contribution in [0.3, 0.4) is 0 Å². The predicted molar refractivity (Wildman–Crippen MR) is 91.1 cm³/mol. The van der Waals surface area contributed by atoms with Crippen LogP contribution in [0.2, 0.25) is 0 Å². The van der Waals surface area contributed by atoms with Gasteiger partial charge in [0.25, 0.3) is 0 Å². The summed E-state index contributed by atoms with van der Waals surface area (Å²) >= 11 is 0. The number of benzene rings is 1. The molecule has 1 aromatic carbocycles. The third-order valence-electron chi connectivity index (χ3n) is 4.08. The van der Waals surface area contributed by atoms with Gasteiger partial charge in [-0.15, -0.1) is 0 Å². The Labute approximate surface area is 155 Å². The van der Waals surface area contributed by atoms with E-state index in [2.05, 4.69) is 5.32 Å². The number of halogens is 3. The van der Waals surface area contributed by atoms with Crippen LogP contribution in [0.25, 0.3) is 0 Å². The standard InChI is InChI=1S/C15H19F3N2O5S2/c1-2-20(9-14(21)19-11-7-8-26(22,23)10-11)27(24,25)13-6-4-3-5-12(13)15(16,17)18/h3-6,11H,2,7-10H2,1H3,(H,19,21)/t11-/m0/s1. The van der Waals surface area contributed by atoms with E-state index in [4.69, 9.17) is 0 Å². The SMILES string of the molecule is CCN(CC(=O)N[C@H]1CCS(=O)(=O)C1)S(=O)(=O)c1ccccc1C(F)(F)F. The molecule has 2 rings (SSSR count). The minimum Gasteiger partial charge on any atom is -0.351 e. The largest absolute Gasteiger partial charge is 0.417 e. The lowest BCUT2D eigenvalue weighted by molar-refractivity contribution is -0.139. The van der Waals surface area contributed by atoms with E-state index >= 15 is 0 Å². The fourth-order valence-corrected chi connectivity index (χ4v) is 6.06. The van der Waals surface area contributed by atoms with Crippen molar-refractivity contribution in [3.63, 3.8) is 0 Å². The van der Waals surface area contributed by atoms with Crippen LogP contribution >= 0.6 is 0 Å². The summed E-state index contributed by atoms with van der Waals surface area (Å²) in [6, 6.07) is 3.10. The molecule has 0 bridgehead atoms. The van der Waals surface area contributed by atoms with Crippen LogP contribution in [0, 0.1) is 0 Å². The number of carbonyl (C=O) groups is 1. The number of sulfone groups is 1. The van der Waals surface area contributed by atoms with E-state index in [1.54, 1.807) is 0 Å². The number of carbonyl (C=O) groups excluding carboxylic acids is 1. The van der Waals surface area contributed by atoms with Gasteiger partial charge in [0, 0.05) is 12.6 Å². The summed E-state index contributed by atoms with van der Waals surface area (Å²) in [7, 11) is -7.82. The molecule has 1 amide bonds. The molecule has 0 unspecified atom stereocenters. The Bertz CT molecular complexity index is 914. The molecule has 152 valence electrons. The number of hydrogen-bond donors (Lipinski definition) is 1. The second kappa shape index (κ2) is 7.76. The van der Waals surface area contributed by atoms with Gasteiger partial charge in [-0.2, -0.15) is 17.5 Å². The first kappa shape index (κ1) is 21.6. The lowest BCUT2D eigenvalue weighted by Gasteiger charge is -2.23. The third-order valence-corrected chi connectivity index (χ3v) is 7.83. The molecule has 1 heterocycles. The first-order valence-corrected chi connectivity index (χ1v) is 11.3. The van der Waals surface area contributed by atoms with Gasteiger partial charge in [-0.25, -0.2) is 16.8 Å². The van der Waals surface area contributed by atoms with E-state index in [1.165, 1.54) is 13.0 Å². The topological polar surface area (TPSA) is 101 Å². The molecule has 0 aliphatic carbocycles. The van der Waals surface area contributed by atoms with E-state index in [0.29, 0.717) is 10.4 Å². The summed E-state index contributed by atoms with van der Waals surface area (Å²) in [5.74, 6) is -1.09. The molecule has 1 aliphatic rings. The maximum absolute atomic E-state index is 13.1. The van der Waals surface area contributed by atoms with Crippen molar-refractivity contribution in [2.24, 2.45) is 0 Å². The minimum atomic E-state index is -4.87. The Morgan fingerprint density at radius 2 is 1.93 bits per heavy atom. The Kier molecular flexibility index (Phi) is 6.22. The van der Waals surface area contributed by atoms with Gasteiger partial charge in [-0.3, -0.25) is 4.79 Å². The van der Waals surface area contributed by atoms with E-state index in [1.807, 2.05) is 0 Å². The maximum atomic E-state index is 13.1. The summed E-state index contributed by atoms with van der Waals surface area (Å²) in [4.78, 5) is 11.2. The highest BCUT2D eigenvalue weighted by atomic mass is 32.2. The van der Waals surface area contributed by atoms with Gasteiger partial charge in [-0.1, -0.05) is 19.1 Å². The zero-order valence-electron chi connectivity index (χ0n) is 14.4. The Hall–Kier alpha value is -1.66. The molecule has 27 heavy (non-hydrogen) atoms. The number of amides is 1. The molecule has 0 saturated carbocycles. The van der Waals surface area contributed by atoms with Crippen LogP contribution in [0.5, 0.6) is 0 Å². The molecular formula is C15H19F3N2O5S2. The molecule has 0 spiro atoms. The highest BCUT2D eigenvalue weighted by Crippen LogP contribution is 2.35. The molecule has 12 heteroatoms. The molecule has 0 radical (unpaired) electrons. The summed E-state index contributed by atoms with van der Waals surface area (Å²) < 4.78 is 88.2. The van der Waals surface area contributed by atoms with E-state index < -0.39 is 55.0 Å². The molecule has 1 aliphatic heterocycles. The van der Waals surface area contributed by atoms with Crippen molar-refractivity contribution >= 4 is 25.8 Å². The van der Waals surface area contributed by atoms with Crippen LogP contribution in [0.15, 0.2) is 29.2 Å². The third kappa shape index (κ3) is 5.20. The average Bonchev–Trinajstić information content (AvgIpc) is 2.90. The molecule has 1 aromatic rings. The number of rotatable bonds is 6. The number of nitrogens with zero attached hydrogens (tertiary/aromatic N) is 1. The zero-order valence-corrected chi connectivity index (χ0v) is 16.0. The summed E-state index contributed by atoms with van der Waals surface area (Å²) in [5.41, 5.74) is -1.31. The van der Waals surface area contributed by atoms with Crippen LogP contribution in [0.1, 0.15) is 18.9 Å². The molecule has 1 atom stereocenters. The number of hydrogen-bond acceptors (Lipinski definition) is 5. The van der Waals surface area contributed by atoms with Crippen molar-refractivity contribution in [3.8, 4) is 0 Å². The average molecular weight is 428 g/mol. The van der Waals surface area contributed by atoms with Gasteiger partial charge in [0.15, 0.2) is 9.84 Å². The predicted octanol–water partition coefficient (Wildman–Crippen LogP) is 1.02. The maximum Gasteiger partial charge on any atom is 0.417 e. The van der Waals surface area contributed by atoms with Crippen molar-refractivity contribution < 1.29 is 34.8 Å². The number of sulfonamides is 1. The van der Waals surface area contributed by atoms with Crippen LogP contribution in [-0.4, -0.2) is 57.7 Å². The normalized spacial score (nSPS) is 20.0. The van der Waals surface area contributed by atoms with Crippen LogP contribution in [0.4, 0.5) is 13.2 Å². The highest BCUT2D eigenvalue weighted by molar-refractivity contribution is 7.91. The molecule has 0 aromatic heterocycles. The van der Waals surface area contributed by atoms with Crippen molar-refractivity contribution in [1.29, 1.82) is 0 Å². The summed E-state index contributed by atoms with van der Waals surface area (Å²) in [6.07, 6.45) is -4.66. The lowest BCUT2D eigenvalue weighted by atomic mass is 10.2. The smallest absolute Gasteiger partial charge is 0.351 e. The lowest BCUT2D eigenvalue weighted by Crippen LogP contribution is -2.44. The van der Waals surface area contributed by atoms with Gasteiger partial charge in [0.1, 0.15) is 0 Å². The second-order valence-electron chi connectivity index (χ2n) is 6.09. The van der Waals surface area contributed by atoms with Gasteiger partial charge in [0.2, 0.25) is 15.9 Å². The number of likely N-dealkylation sites (N-methyl/N-ethyl adjacent to an activating group) is 1. The Morgan fingerprint density at radius 1 is 1.30 bits per heavy atom. The fourth-order valence-electron chi connectivity index (χ4n) is 2.77. The second-order valence-corrected chi connectivity index (χ2v) is 10.2. The van der Waals surface area contributed by atoms with Crippen LogP contribution in [-0.2, 0) is 30.8 Å². The van der Waals surface area contributed by atoms with Gasteiger partial charge < -0.3 is 5.32 Å². The number of alkyl halides is 3. The molecular weight excluding hydrogens is 409 g/mol. The monoisotopic (exact) mass is 428 g/mol. The van der Waals surface area contributed by atoms with E-state index in [9.17, 15) is 34.8 Å². The van der Waals surface area contributed by atoms with Gasteiger partial charge in [0.05, 0.1) is 28.5 Å². The molecule has 7 nitrogen and oxygen atoms in total. The molecule has 1 fully saturated rings. The Balaban J connectivity index is 2.20. The van der Waals surface area contributed by atoms with Gasteiger partial charge in [-0.05, 0) is 18.6 Å². The number of nitrogens with one attached hydrogen (secondary N) is 1. The van der Waals surface area contributed by atoms with E-state index in [0.717, 1.165) is 12.1 Å². The minimum absolute atomic E-state index is 0.0767. The fraction of sp³-hybridized carbons (Fsp3) is 0.533. The van der Waals surface area contributed by atoms with E-state index in [-0.39, 0.29) is 24.5 Å². The summed E-state index contributed by atoms with van der Waals surface area (Å²) in [6.45, 7) is 0.452. The first-order chi connectivity index (χ1) is 12.4. The Morgan fingerprint density at radius 3 is 2.44 bits per heavy atom. The van der Waals surface area contributed by atoms with Crippen molar-refractivity contribution in [2.45, 2.75) is 30.5 Å². The zero-order chi connectivity index (χ0) is 20.5. The molecule has 1 saturated heterocycles. The van der Waals surface area contributed by atoms with Crippen molar-refractivity contribution in [3.05, 3.63) is 29.8 Å². The quantitative estimate of drug-likeness (QED) is 0.729. The van der Waals surface area contributed by atoms with Gasteiger partial charge >= 0.3 is 6.18 Å². The summed E-state index contributed by atoms with van der Waals surface area (Å²) in [5, 5.41) is 2.42.